The fourth-order valence-corrected chi connectivity index (χ4v) is 5.50. The first-order chi connectivity index (χ1) is 18.3. The van der Waals surface area contributed by atoms with Gasteiger partial charge in [-0.05, 0) is 80.0 Å². The standard InChI is InChI=1S/C23H25N3O.C10H18O/c1-4-7-17(5-2)21-15-26(3)22-11-10-19(13-20(21)22)25-23(27)18-9-6-8-16(12-18)14-24;1-3-8(2)10(11)9-6-4-5-7-9/h6,8-13,15,17H,4-5,7H2,1-3H3,(H,25,27);8-9H,3-7H2,1-2H3. The van der Waals surface area contributed by atoms with E-state index >= 15 is 0 Å². The van der Waals surface area contributed by atoms with Gasteiger partial charge in [-0.15, -0.1) is 0 Å². The molecule has 1 heterocycles. The number of ketones is 1. The fourth-order valence-electron chi connectivity index (χ4n) is 5.50. The second kappa shape index (κ2) is 14.0. The van der Waals surface area contributed by atoms with Crippen LogP contribution in [0.15, 0.2) is 48.7 Å². The number of nitriles is 1. The Morgan fingerprint density at radius 2 is 1.82 bits per heavy atom. The van der Waals surface area contributed by atoms with Crippen molar-refractivity contribution in [3.63, 3.8) is 0 Å². The summed E-state index contributed by atoms with van der Waals surface area (Å²) < 4.78 is 2.16. The molecule has 202 valence electrons. The highest BCUT2D eigenvalue weighted by molar-refractivity contribution is 6.05. The number of hydrogen-bond donors (Lipinski definition) is 1. The number of fused-ring (bicyclic) bond motifs is 1. The molecule has 3 aromatic rings. The fraction of sp³-hybridized carbons (Fsp3) is 0.485. The van der Waals surface area contributed by atoms with E-state index in [1.165, 1.54) is 29.3 Å². The van der Waals surface area contributed by atoms with Crippen LogP contribution in [-0.4, -0.2) is 16.3 Å². The molecule has 4 rings (SSSR count). The number of Topliss-reactive ketones (excluding diaryl/α,β-unsaturated/α-hetero) is 1. The van der Waals surface area contributed by atoms with Crippen LogP contribution in [0.2, 0.25) is 0 Å². The van der Waals surface area contributed by atoms with E-state index in [1.807, 2.05) is 6.07 Å². The lowest BCUT2D eigenvalue weighted by atomic mass is 9.91. The number of anilines is 1. The largest absolute Gasteiger partial charge is 0.350 e. The Hall–Kier alpha value is -3.39. The Bertz CT molecular complexity index is 1280. The van der Waals surface area contributed by atoms with Crippen molar-refractivity contribution in [3.05, 3.63) is 65.4 Å². The topological polar surface area (TPSA) is 74.9 Å². The van der Waals surface area contributed by atoms with Gasteiger partial charge in [0.1, 0.15) is 5.78 Å². The summed E-state index contributed by atoms with van der Waals surface area (Å²) in [4.78, 5) is 24.2. The highest BCUT2D eigenvalue weighted by atomic mass is 16.1. The van der Waals surface area contributed by atoms with Gasteiger partial charge in [0.25, 0.3) is 5.91 Å². The van der Waals surface area contributed by atoms with Crippen molar-refractivity contribution in [1.29, 1.82) is 5.26 Å². The third-order valence-corrected chi connectivity index (χ3v) is 7.96. The average molecular weight is 514 g/mol. The van der Waals surface area contributed by atoms with Gasteiger partial charge in [-0.3, -0.25) is 9.59 Å². The molecular weight excluding hydrogens is 470 g/mol. The van der Waals surface area contributed by atoms with Crippen LogP contribution >= 0.6 is 0 Å². The number of amides is 1. The molecule has 0 saturated heterocycles. The number of nitrogens with one attached hydrogen (secondary N) is 1. The molecule has 0 bridgehead atoms. The number of aromatic nitrogens is 1. The van der Waals surface area contributed by atoms with E-state index in [9.17, 15) is 9.59 Å². The lowest BCUT2D eigenvalue weighted by molar-refractivity contribution is -0.126. The van der Waals surface area contributed by atoms with Gasteiger partial charge in [0.15, 0.2) is 0 Å². The number of rotatable bonds is 9. The summed E-state index contributed by atoms with van der Waals surface area (Å²) in [6.45, 7) is 8.60. The van der Waals surface area contributed by atoms with E-state index < -0.39 is 0 Å². The van der Waals surface area contributed by atoms with Gasteiger partial charge in [0.05, 0.1) is 11.6 Å². The van der Waals surface area contributed by atoms with Gasteiger partial charge in [-0.2, -0.15) is 5.26 Å². The van der Waals surface area contributed by atoms with Gasteiger partial charge < -0.3 is 9.88 Å². The molecule has 5 heteroatoms. The van der Waals surface area contributed by atoms with E-state index in [0.717, 1.165) is 44.2 Å². The van der Waals surface area contributed by atoms with Gasteiger partial charge in [-0.25, -0.2) is 0 Å². The molecule has 2 atom stereocenters. The summed E-state index contributed by atoms with van der Waals surface area (Å²) in [6, 6.07) is 14.9. The van der Waals surface area contributed by atoms with E-state index in [-0.39, 0.29) is 5.91 Å². The smallest absolute Gasteiger partial charge is 0.255 e. The minimum atomic E-state index is -0.204. The molecule has 2 unspecified atom stereocenters. The summed E-state index contributed by atoms with van der Waals surface area (Å²) in [7, 11) is 2.07. The number of aryl methyl sites for hydroxylation is 1. The zero-order chi connectivity index (χ0) is 27.7. The van der Waals surface area contributed by atoms with Crippen molar-refractivity contribution in [2.75, 3.05) is 5.32 Å². The zero-order valence-electron chi connectivity index (χ0n) is 23.7. The van der Waals surface area contributed by atoms with Crippen LogP contribution in [0.5, 0.6) is 0 Å². The Labute approximate surface area is 228 Å². The average Bonchev–Trinajstić information content (AvgIpc) is 3.59. The highest BCUT2D eigenvalue weighted by Gasteiger charge is 2.25. The molecule has 0 spiro atoms. The first-order valence-corrected chi connectivity index (χ1v) is 14.3. The molecule has 0 radical (unpaired) electrons. The van der Waals surface area contributed by atoms with Gasteiger partial charge in [0.2, 0.25) is 0 Å². The molecule has 1 amide bonds. The minimum Gasteiger partial charge on any atom is -0.350 e. The maximum absolute atomic E-state index is 12.6. The van der Waals surface area contributed by atoms with Crippen molar-refractivity contribution in [2.24, 2.45) is 18.9 Å². The van der Waals surface area contributed by atoms with Gasteiger partial charge >= 0.3 is 0 Å². The first-order valence-electron chi connectivity index (χ1n) is 14.3. The molecule has 38 heavy (non-hydrogen) atoms. The highest BCUT2D eigenvalue weighted by Crippen LogP contribution is 2.34. The van der Waals surface area contributed by atoms with Crippen LogP contribution in [0, 0.1) is 23.2 Å². The Balaban J connectivity index is 0.000000304. The van der Waals surface area contributed by atoms with Crippen molar-refractivity contribution in [3.8, 4) is 6.07 Å². The monoisotopic (exact) mass is 513 g/mol. The summed E-state index contributed by atoms with van der Waals surface area (Å²) in [5.41, 5.74) is 4.26. The van der Waals surface area contributed by atoms with E-state index in [4.69, 9.17) is 5.26 Å². The third-order valence-electron chi connectivity index (χ3n) is 7.96. The molecule has 0 aliphatic heterocycles. The Morgan fingerprint density at radius 1 is 1.08 bits per heavy atom. The molecule has 2 aromatic carbocycles. The van der Waals surface area contributed by atoms with E-state index in [1.54, 1.807) is 24.3 Å². The molecular formula is C33H43N3O2. The van der Waals surface area contributed by atoms with Crippen molar-refractivity contribution >= 4 is 28.3 Å². The lowest BCUT2D eigenvalue weighted by Crippen LogP contribution is -2.18. The number of carbonyl (C=O) groups is 2. The second-order valence-electron chi connectivity index (χ2n) is 10.7. The molecule has 5 nitrogen and oxygen atoms in total. The van der Waals surface area contributed by atoms with Gasteiger partial charge in [-0.1, -0.05) is 53.0 Å². The predicted molar refractivity (Wildman–Crippen MR) is 156 cm³/mol. The second-order valence-corrected chi connectivity index (χ2v) is 10.7. The van der Waals surface area contributed by atoms with E-state index in [2.05, 4.69) is 69.0 Å². The third kappa shape index (κ3) is 7.13. The Morgan fingerprint density at radius 3 is 2.45 bits per heavy atom. The molecule has 1 aromatic heterocycles. The normalized spacial score (nSPS) is 14.8. The lowest BCUT2D eigenvalue weighted by Gasteiger charge is -2.13. The summed E-state index contributed by atoms with van der Waals surface area (Å²) in [5.74, 6) is 1.56. The molecule has 1 aliphatic rings. The van der Waals surface area contributed by atoms with E-state index in [0.29, 0.717) is 34.7 Å². The maximum atomic E-state index is 12.6. The van der Waals surface area contributed by atoms with Crippen molar-refractivity contribution < 1.29 is 9.59 Å². The number of carbonyl (C=O) groups excluding carboxylic acids is 2. The van der Waals surface area contributed by atoms with Crippen LogP contribution in [0.4, 0.5) is 5.69 Å². The maximum Gasteiger partial charge on any atom is 0.255 e. The predicted octanol–water partition coefficient (Wildman–Crippen LogP) is 8.39. The van der Waals surface area contributed by atoms with Crippen LogP contribution in [0.1, 0.15) is 106 Å². The van der Waals surface area contributed by atoms with Crippen molar-refractivity contribution in [1.82, 2.24) is 4.57 Å². The SMILES string of the molecule is CCC(C)C(=O)C1CCCC1.CCCC(CC)c1cn(C)c2ccc(NC(=O)c3cccc(C#N)c3)cc12. The quantitative estimate of drug-likeness (QED) is 0.312. The number of benzene rings is 2. The number of nitrogens with zero attached hydrogens (tertiary/aromatic N) is 2. The summed E-state index contributed by atoms with van der Waals surface area (Å²) >= 11 is 0. The summed E-state index contributed by atoms with van der Waals surface area (Å²) in [6.07, 6.45) is 11.5. The Kier molecular flexibility index (Phi) is 10.7. The number of hydrogen-bond acceptors (Lipinski definition) is 3. The summed E-state index contributed by atoms with van der Waals surface area (Å²) in [5, 5.41) is 13.2. The minimum absolute atomic E-state index is 0.204. The zero-order valence-corrected chi connectivity index (χ0v) is 23.7. The molecule has 1 fully saturated rings. The molecule has 1 aliphatic carbocycles. The molecule has 1 saturated carbocycles. The van der Waals surface area contributed by atoms with Crippen LogP contribution < -0.4 is 5.32 Å². The van der Waals surface area contributed by atoms with Crippen LogP contribution in [0.3, 0.4) is 0 Å². The van der Waals surface area contributed by atoms with Gasteiger partial charge in [0, 0.05) is 47.2 Å². The molecule has 1 N–H and O–H groups in total. The first kappa shape index (κ1) is 29.2. The van der Waals surface area contributed by atoms with Crippen LogP contribution in [-0.2, 0) is 11.8 Å². The van der Waals surface area contributed by atoms with Crippen LogP contribution in [0.25, 0.3) is 10.9 Å². The van der Waals surface area contributed by atoms with Crippen molar-refractivity contribution in [2.45, 2.75) is 85.0 Å².